The Kier molecular flexibility index (Phi) is 6.20. The van der Waals surface area contributed by atoms with E-state index >= 15 is 0 Å². The Hall–Kier alpha value is -3.87. The molecule has 0 atom stereocenters. The van der Waals surface area contributed by atoms with E-state index in [1.165, 1.54) is 6.08 Å². The first-order valence-corrected chi connectivity index (χ1v) is 8.81. The Labute approximate surface area is 162 Å². The van der Waals surface area contributed by atoms with E-state index in [-0.39, 0.29) is 11.8 Å². The number of H-pyrrole nitrogens is 1. The summed E-state index contributed by atoms with van der Waals surface area (Å²) in [6.07, 6.45) is 7.06. The van der Waals surface area contributed by atoms with Gasteiger partial charge >= 0.3 is 0 Å². The maximum absolute atomic E-state index is 12.3. The Bertz CT molecular complexity index is 980. The van der Waals surface area contributed by atoms with Gasteiger partial charge in [0, 0.05) is 36.5 Å². The molecule has 0 radical (unpaired) electrons. The second kappa shape index (κ2) is 9.18. The SMILES string of the molecule is Nc1ccccc1NC(=O)C=Cc1cccc(C(=O)NCCc2cnc[nH]2)c1. The lowest BCUT2D eigenvalue weighted by atomic mass is 10.1. The normalized spacial score (nSPS) is 10.7. The minimum absolute atomic E-state index is 0.170. The van der Waals surface area contributed by atoms with Crippen molar-refractivity contribution >= 4 is 29.3 Å². The van der Waals surface area contributed by atoms with Crippen molar-refractivity contribution in [3.63, 3.8) is 0 Å². The van der Waals surface area contributed by atoms with Crippen molar-refractivity contribution in [2.75, 3.05) is 17.6 Å². The predicted octanol–water partition coefficient (Wildman–Crippen LogP) is 2.62. The van der Waals surface area contributed by atoms with Crippen LogP contribution in [0.2, 0.25) is 0 Å². The van der Waals surface area contributed by atoms with E-state index in [0.717, 1.165) is 11.3 Å². The van der Waals surface area contributed by atoms with Gasteiger partial charge in [0.15, 0.2) is 0 Å². The van der Waals surface area contributed by atoms with E-state index in [1.807, 2.05) is 6.07 Å². The van der Waals surface area contributed by atoms with Crippen LogP contribution < -0.4 is 16.4 Å². The van der Waals surface area contributed by atoms with E-state index in [4.69, 9.17) is 5.73 Å². The van der Waals surface area contributed by atoms with Gasteiger partial charge in [0.05, 0.1) is 17.7 Å². The van der Waals surface area contributed by atoms with Gasteiger partial charge in [-0.05, 0) is 35.9 Å². The van der Waals surface area contributed by atoms with E-state index in [2.05, 4.69) is 20.6 Å². The summed E-state index contributed by atoms with van der Waals surface area (Å²) in [4.78, 5) is 31.3. The highest BCUT2D eigenvalue weighted by molar-refractivity contribution is 6.03. The number of anilines is 2. The second-order valence-corrected chi connectivity index (χ2v) is 6.12. The molecular weight excluding hydrogens is 354 g/mol. The zero-order valence-corrected chi connectivity index (χ0v) is 15.2. The first-order chi connectivity index (χ1) is 13.6. The average molecular weight is 375 g/mol. The number of hydrogen-bond donors (Lipinski definition) is 4. The van der Waals surface area contributed by atoms with Crippen molar-refractivity contribution in [3.05, 3.63) is 84.0 Å². The third kappa shape index (κ3) is 5.31. The third-order valence-electron chi connectivity index (χ3n) is 4.03. The van der Waals surface area contributed by atoms with Crippen molar-refractivity contribution in [1.29, 1.82) is 0 Å². The number of hydrogen-bond acceptors (Lipinski definition) is 4. The number of benzene rings is 2. The summed E-state index contributed by atoms with van der Waals surface area (Å²) in [7, 11) is 0. The van der Waals surface area contributed by atoms with E-state index < -0.39 is 0 Å². The summed E-state index contributed by atoms with van der Waals surface area (Å²) in [5, 5.41) is 5.59. The zero-order chi connectivity index (χ0) is 19.8. The molecule has 3 aromatic rings. The molecule has 0 saturated heterocycles. The van der Waals surface area contributed by atoms with Crippen molar-refractivity contribution in [3.8, 4) is 0 Å². The number of nitrogen functional groups attached to an aromatic ring is 1. The Balaban J connectivity index is 1.56. The van der Waals surface area contributed by atoms with Gasteiger partial charge in [0.2, 0.25) is 5.91 Å². The minimum atomic E-state index is -0.299. The number of rotatable bonds is 7. The summed E-state index contributed by atoms with van der Waals surface area (Å²) in [5.74, 6) is -0.469. The number of carbonyl (C=O) groups is 2. The molecule has 1 heterocycles. The Morgan fingerprint density at radius 3 is 2.79 bits per heavy atom. The van der Waals surface area contributed by atoms with Crippen LogP contribution in [0.4, 0.5) is 11.4 Å². The minimum Gasteiger partial charge on any atom is -0.397 e. The molecule has 7 nitrogen and oxygen atoms in total. The lowest BCUT2D eigenvalue weighted by Crippen LogP contribution is -2.25. The lowest BCUT2D eigenvalue weighted by Gasteiger charge is -2.06. The van der Waals surface area contributed by atoms with E-state index in [9.17, 15) is 9.59 Å². The van der Waals surface area contributed by atoms with E-state index in [1.54, 1.807) is 61.1 Å². The fourth-order valence-electron chi connectivity index (χ4n) is 2.57. The number of nitrogens with two attached hydrogens (primary N) is 1. The summed E-state index contributed by atoms with van der Waals surface area (Å²) >= 11 is 0. The molecule has 0 fully saturated rings. The molecule has 28 heavy (non-hydrogen) atoms. The molecule has 0 aliphatic rings. The molecule has 7 heteroatoms. The number of nitrogens with zero attached hydrogens (tertiary/aromatic N) is 1. The highest BCUT2D eigenvalue weighted by atomic mass is 16.2. The maximum atomic E-state index is 12.3. The van der Waals surface area contributed by atoms with Crippen LogP contribution in [-0.2, 0) is 11.2 Å². The molecule has 0 bridgehead atoms. The van der Waals surface area contributed by atoms with Crippen LogP contribution >= 0.6 is 0 Å². The molecule has 0 saturated carbocycles. The molecule has 0 unspecified atom stereocenters. The largest absolute Gasteiger partial charge is 0.397 e. The quantitative estimate of drug-likeness (QED) is 0.375. The zero-order valence-electron chi connectivity index (χ0n) is 15.2. The van der Waals surface area contributed by atoms with Gasteiger partial charge in [-0.3, -0.25) is 9.59 Å². The lowest BCUT2D eigenvalue weighted by molar-refractivity contribution is -0.111. The van der Waals surface area contributed by atoms with Crippen molar-refractivity contribution < 1.29 is 9.59 Å². The highest BCUT2D eigenvalue weighted by Gasteiger charge is 2.06. The molecule has 0 spiro atoms. The Morgan fingerprint density at radius 1 is 1.14 bits per heavy atom. The molecule has 1 aromatic heterocycles. The van der Waals surface area contributed by atoms with Gasteiger partial charge in [-0.15, -0.1) is 0 Å². The molecule has 142 valence electrons. The number of imidazole rings is 1. The van der Waals surface area contributed by atoms with Crippen LogP contribution in [0, 0.1) is 0 Å². The van der Waals surface area contributed by atoms with Gasteiger partial charge in [-0.25, -0.2) is 4.98 Å². The van der Waals surface area contributed by atoms with Gasteiger partial charge in [0.25, 0.3) is 5.91 Å². The third-order valence-corrected chi connectivity index (χ3v) is 4.03. The predicted molar refractivity (Wildman–Crippen MR) is 110 cm³/mol. The van der Waals surface area contributed by atoms with Crippen LogP contribution in [0.25, 0.3) is 6.08 Å². The monoisotopic (exact) mass is 375 g/mol. The standard InChI is InChI=1S/C21H21N5O2/c22-18-6-1-2-7-19(18)26-20(27)9-8-15-4-3-5-16(12-15)21(28)24-11-10-17-13-23-14-25-17/h1-9,12-14H,10-11,22H2,(H,23,25)(H,24,28)(H,26,27). The summed E-state index contributed by atoms with van der Waals surface area (Å²) in [6, 6.07) is 14.1. The van der Waals surface area contributed by atoms with E-state index in [0.29, 0.717) is 29.9 Å². The molecular formula is C21H21N5O2. The number of aromatic nitrogens is 2. The molecule has 5 N–H and O–H groups in total. The van der Waals surface area contributed by atoms with Gasteiger partial charge in [-0.2, -0.15) is 0 Å². The fourth-order valence-corrected chi connectivity index (χ4v) is 2.57. The molecule has 2 amide bonds. The molecule has 2 aromatic carbocycles. The van der Waals surface area contributed by atoms with Gasteiger partial charge < -0.3 is 21.4 Å². The first-order valence-electron chi connectivity index (χ1n) is 8.81. The van der Waals surface area contributed by atoms with Crippen molar-refractivity contribution in [2.45, 2.75) is 6.42 Å². The smallest absolute Gasteiger partial charge is 0.251 e. The van der Waals surface area contributed by atoms with Gasteiger partial charge in [-0.1, -0.05) is 24.3 Å². The highest BCUT2D eigenvalue weighted by Crippen LogP contribution is 2.16. The van der Waals surface area contributed by atoms with Crippen LogP contribution in [0.1, 0.15) is 21.6 Å². The number of para-hydroxylation sites is 2. The summed E-state index contributed by atoms with van der Waals surface area (Å²) < 4.78 is 0. The number of amides is 2. The molecule has 0 aliphatic heterocycles. The number of carbonyl (C=O) groups excluding carboxylic acids is 2. The molecule has 3 rings (SSSR count). The topological polar surface area (TPSA) is 113 Å². The first kappa shape index (κ1) is 18.9. The van der Waals surface area contributed by atoms with Crippen molar-refractivity contribution in [1.82, 2.24) is 15.3 Å². The number of nitrogens with one attached hydrogen (secondary N) is 3. The Morgan fingerprint density at radius 2 is 2.00 bits per heavy atom. The molecule has 0 aliphatic carbocycles. The summed E-state index contributed by atoms with van der Waals surface area (Å²) in [5.41, 5.74) is 9.10. The second-order valence-electron chi connectivity index (χ2n) is 6.12. The average Bonchev–Trinajstić information content (AvgIpc) is 3.22. The van der Waals surface area contributed by atoms with Crippen LogP contribution in [0.3, 0.4) is 0 Å². The van der Waals surface area contributed by atoms with Crippen LogP contribution in [0.5, 0.6) is 0 Å². The van der Waals surface area contributed by atoms with Crippen LogP contribution in [-0.4, -0.2) is 28.3 Å². The maximum Gasteiger partial charge on any atom is 0.251 e. The fraction of sp³-hybridized carbons (Fsp3) is 0.0952. The summed E-state index contributed by atoms with van der Waals surface area (Å²) in [6.45, 7) is 0.502. The number of aromatic amines is 1. The van der Waals surface area contributed by atoms with Gasteiger partial charge in [0.1, 0.15) is 0 Å². The van der Waals surface area contributed by atoms with Crippen molar-refractivity contribution in [2.24, 2.45) is 0 Å². The van der Waals surface area contributed by atoms with Crippen LogP contribution in [0.15, 0.2) is 67.1 Å².